The predicted molar refractivity (Wildman–Crippen MR) is 66.6 cm³/mol. The first-order valence-electron chi connectivity index (χ1n) is 4.99. The van der Waals surface area contributed by atoms with E-state index in [2.05, 4.69) is 15.5 Å². The maximum Gasteiger partial charge on any atom is 0.209 e. The second-order valence-corrected chi connectivity index (χ2v) is 5.47. The van der Waals surface area contributed by atoms with Crippen molar-refractivity contribution in [2.24, 2.45) is 7.05 Å². The topological polar surface area (TPSA) is 43.6 Å². The van der Waals surface area contributed by atoms with Crippen LogP contribution in [0.15, 0.2) is 34.3 Å². The van der Waals surface area contributed by atoms with Gasteiger partial charge in [0.2, 0.25) is 5.16 Å². The van der Waals surface area contributed by atoms with Gasteiger partial charge in [-0.05, 0) is 34.7 Å². The fraction of sp³-hybridized carbons (Fsp3) is 0.300. The van der Waals surface area contributed by atoms with Gasteiger partial charge in [-0.1, -0.05) is 11.8 Å². The normalized spacial score (nSPS) is 10.7. The van der Waals surface area contributed by atoms with Crippen LogP contribution in [0.5, 0.6) is 0 Å². The molecule has 0 unspecified atom stereocenters. The average Bonchev–Trinajstić information content (AvgIpc) is 2.73. The summed E-state index contributed by atoms with van der Waals surface area (Å²) < 4.78 is 14.3. The van der Waals surface area contributed by atoms with E-state index in [0.29, 0.717) is 0 Å². The molecule has 0 N–H and O–H groups in total. The Morgan fingerprint density at radius 3 is 2.53 bits per heavy atom. The number of tetrazole rings is 1. The van der Waals surface area contributed by atoms with Crippen LogP contribution in [0.25, 0.3) is 0 Å². The average molecular weight is 270 g/mol. The molecule has 0 spiro atoms. The summed E-state index contributed by atoms with van der Waals surface area (Å²) in [5, 5.41) is 12.0. The van der Waals surface area contributed by atoms with Crippen LogP contribution >= 0.6 is 23.5 Å². The highest BCUT2D eigenvalue weighted by molar-refractivity contribution is 8.02. The molecule has 4 nitrogen and oxygen atoms in total. The van der Waals surface area contributed by atoms with Crippen molar-refractivity contribution in [1.82, 2.24) is 20.2 Å². The van der Waals surface area contributed by atoms with E-state index in [0.717, 1.165) is 21.6 Å². The molecule has 0 radical (unpaired) electrons. The summed E-state index contributed by atoms with van der Waals surface area (Å²) in [6.07, 6.45) is 0. The van der Waals surface area contributed by atoms with Crippen LogP contribution in [0.1, 0.15) is 0 Å². The number of hydrogen-bond acceptors (Lipinski definition) is 5. The first-order chi connectivity index (χ1) is 8.25. The molecule has 0 fully saturated rings. The molecule has 0 aliphatic carbocycles. The van der Waals surface area contributed by atoms with Crippen molar-refractivity contribution in [2.75, 3.05) is 11.5 Å². The van der Waals surface area contributed by atoms with E-state index in [1.807, 2.05) is 7.05 Å². The number of thioether (sulfide) groups is 2. The van der Waals surface area contributed by atoms with Crippen LogP contribution in [0, 0.1) is 5.82 Å². The molecule has 0 aliphatic heterocycles. The number of aromatic nitrogens is 4. The number of halogens is 1. The summed E-state index contributed by atoms with van der Waals surface area (Å²) in [7, 11) is 1.81. The molecule has 0 saturated carbocycles. The molecule has 2 rings (SSSR count). The Hall–Kier alpha value is -1.08. The lowest BCUT2D eigenvalue weighted by molar-refractivity contribution is 0.626. The number of hydrogen-bond donors (Lipinski definition) is 0. The number of rotatable bonds is 5. The molecule has 1 heterocycles. The quantitative estimate of drug-likeness (QED) is 0.616. The summed E-state index contributed by atoms with van der Waals surface area (Å²) in [6.45, 7) is 0. The van der Waals surface area contributed by atoms with Crippen molar-refractivity contribution < 1.29 is 4.39 Å². The van der Waals surface area contributed by atoms with E-state index in [4.69, 9.17) is 0 Å². The Morgan fingerprint density at radius 2 is 1.88 bits per heavy atom. The molecule has 2 aromatic rings. The van der Waals surface area contributed by atoms with E-state index >= 15 is 0 Å². The maximum atomic E-state index is 12.7. The zero-order valence-corrected chi connectivity index (χ0v) is 10.8. The summed E-state index contributed by atoms with van der Waals surface area (Å²) in [5.74, 6) is 1.65. The smallest absolute Gasteiger partial charge is 0.209 e. The maximum absolute atomic E-state index is 12.7. The molecule has 0 saturated heterocycles. The molecular formula is C10H11FN4S2. The van der Waals surface area contributed by atoms with Crippen molar-refractivity contribution in [3.05, 3.63) is 30.1 Å². The van der Waals surface area contributed by atoms with Crippen molar-refractivity contribution in [1.29, 1.82) is 0 Å². The predicted octanol–water partition coefficient (Wildman–Crippen LogP) is 2.23. The molecular weight excluding hydrogens is 259 g/mol. The number of benzene rings is 1. The lowest BCUT2D eigenvalue weighted by Crippen LogP contribution is -1.94. The highest BCUT2D eigenvalue weighted by Crippen LogP contribution is 2.21. The lowest BCUT2D eigenvalue weighted by Gasteiger charge is -2.01. The van der Waals surface area contributed by atoms with Gasteiger partial charge in [0.1, 0.15) is 5.82 Å². The van der Waals surface area contributed by atoms with Crippen LogP contribution in [0.2, 0.25) is 0 Å². The van der Waals surface area contributed by atoms with Crippen LogP contribution in [0.4, 0.5) is 4.39 Å². The van der Waals surface area contributed by atoms with Gasteiger partial charge in [-0.2, -0.15) is 0 Å². The third kappa shape index (κ3) is 3.71. The minimum absolute atomic E-state index is 0.200. The van der Waals surface area contributed by atoms with Gasteiger partial charge < -0.3 is 0 Å². The Labute approximate surface area is 107 Å². The van der Waals surface area contributed by atoms with E-state index < -0.39 is 0 Å². The number of nitrogens with zero attached hydrogens (tertiary/aromatic N) is 4. The van der Waals surface area contributed by atoms with Crippen LogP contribution in [-0.4, -0.2) is 31.7 Å². The zero-order chi connectivity index (χ0) is 12.1. The van der Waals surface area contributed by atoms with Gasteiger partial charge in [0.15, 0.2) is 0 Å². The molecule has 7 heteroatoms. The van der Waals surface area contributed by atoms with Gasteiger partial charge >= 0.3 is 0 Å². The van der Waals surface area contributed by atoms with Crippen LogP contribution in [-0.2, 0) is 7.05 Å². The van der Waals surface area contributed by atoms with Crippen molar-refractivity contribution >= 4 is 23.5 Å². The number of aryl methyl sites for hydroxylation is 1. The van der Waals surface area contributed by atoms with Gasteiger partial charge in [-0.3, -0.25) is 0 Å². The minimum atomic E-state index is -0.200. The van der Waals surface area contributed by atoms with Gasteiger partial charge in [-0.15, -0.1) is 16.9 Å². The van der Waals surface area contributed by atoms with Crippen LogP contribution < -0.4 is 0 Å². The molecule has 17 heavy (non-hydrogen) atoms. The Bertz CT molecular complexity index is 471. The van der Waals surface area contributed by atoms with E-state index in [-0.39, 0.29) is 5.82 Å². The van der Waals surface area contributed by atoms with Crippen molar-refractivity contribution in [3.63, 3.8) is 0 Å². The summed E-state index contributed by atoms with van der Waals surface area (Å²) in [4.78, 5) is 1.07. The highest BCUT2D eigenvalue weighted by atomic mass is 32.2. The first-order valence-corrected chi connectivity index (χ1v) is 6.96. The third-order valence-electron chi connectivity index (χ3n) is 1.98. The second-order valence-electron chi connectivity index (χ2n) is 3.24. The van der Waals surface area contributed by atoms with Gasteiger partial charge in [0.25, 0.3) is 0 Å². The summed E-state index contributed by atoms with van der Waals surface area (Å²) >= 11 is 3.30. The Balaban J connectivity index is 1.73. The fourth-order valence-electron chi connectivity index (χ4n) is 1.17. The van der Waals surface area contributed by atoms with E-state index in [9.17, 15) is 4.39 Å². The summed E-state index contributed by atoms with van der Waals surface area (Å²) in [5.41, 5.74) is 0. The Morgan fingerprint density at radius 1 is 1.18 bits per heavy atom. The molecule has 0 atom stereocenters. The van der Waals surface area contributed by atoms with Gasteiger partial charge in [0.05, 0.1) is 0 Å². The van der Waals surface area contributed by atoms with Gasteiger partial charge in [-0.25, -0.2) is 9.07 Å². The molecule has 0 bridgehead atoms. The molecule has 0 amide bonds. The summed E-state index contributed by atoms with van der Waals surface area (Å²) in [6, 6.07) is 6.52. The largest absolute Gasteiger partial charge is 0.224 e. The molecule has 0 aliphatic rings. The lowest BCUT2D eigenvalue weighted by atomic mass is 10.4. The molecule has 90 valence electrons. The van der Waals surface area contributed by atoms with Gasteiger partial charge in [0, 0.05) is 23.4 Å². The third-order valence-corrected chi connectivity index (χ3v) is 4.26. The van der Waals surface area contributed by atoms with Crippen LogP contribution in [0.3, 0.4) is 0 Å². The SMILES string of the molecule is Cn1nnnc1SCCSc1ccc(F)cc1. The fourth-order valence-corrected chi connectivity index (χ4v) is 2.90. The Kier molecular flexibility index (Phi) is 4.38. The second kappa shape index (κ2) is 6.02. The zero-order valence-electron chi connectivity index (χ0n) is 9.21. The molecule has 1 aromatic carbocycles. The minimum Gasteiger partial charge on any atom is -0.224 e. The standard InChI is InChI=1S/C10H11FN4S2/c1-15-10(12-13-14-15)17-7-6-16-9-4-2-8(11)3-5-9/h2-5H,6-7H2,1H3. The first kappa shape index (κ1) is 12.4. The van der Waals surface area contributed by atoms with E-state index in [1.165, 1.54) is 12.1 Å². The van der Waals surface area contributed by atoms with Crippen molar-refractivity contribution in [2.45, 2.75) is 10.1 Å². The molecule has 1 aromatic heterocycles. The van der Waals surface area contributed by atoms with E-state index in [1.54, 1.807) is 40.3 Å². The highest BCUT2D eigenvalue weighted by Gasteiger charge is 2.02. The van der Waals surface area contributed by atoms with Crippen molar-refractivity contribution in [3.8, 4) is 0 Å². The monoisotopic (exact) mass is 270 g/mol.